The van der Waals surface area contributed by atoms with Crippen molar-refractivity contribution in [2.75, 3.05) is 0 Å². The predicted molar refractivity (Wildman–Crippen MR) is 259 cm³/mol. The summed E-state index contributed by atoms with van der Waals surface area (Å²) in [6.45, 7) is 9.39. The van der Waals surface area contributed by atoms with Crippen molar-refractivity contribution in [3.8, 4) is 78.4 Å². The Labute approximate surface area is 363 Å². The molecule has 0 spiro atoms. The van der Waals surface area contributed by atoms with Crippen LogP contribution in [0.5, 0.6) is 0 Å². The summed E-state index contributed by atoms with van der Waals surface area (Å²) in [6, 6.07) is 71.1. The van der Waals surface area contributed by atoms with Crippen LogP contribution >= 0.6 is 0 Å². The van der Waals surface area contributed by atoms with E-state index < -0.39 is 0 Å². The maximum Gasteiger partial charge on any atom is 0.160 e. The molecular weight excluding hydrogens is 749 g/mol. The molecule has 0 aliphatic heterocycles. The number of rotatable bonds is 5. The highest BCUT2D eigenvalue weighted by molar-refractivity contribution is 5.99. The normalized spacial score (nSPS) is 14.1. The van der Waals surface area contributed by atoms with Crippen LogP contribution < -0.4 is 0 Å². The second-order valence-corrected chi connectivity index (χ2v) is 18.2. The van der Waals surface area contributed by atoms with E-state index in [1.54, 1.807) is 0 Å². The average Bonchev–Trinajstić information content (AvgIpc) is 3.69. The van der Waals surface area contributed by atoms with Crippen LogP contribution in [-0.4, -0.2) is 9.97 Å². The Bertz CT molecular complexity index is 3450. The lowest BCUT2D eigenvalue weighted by Gasteiger charge is -2.22. The first kappa shape index (κ1) is 36.4. The van der Waals surface area contributed by atoms with Crippen LogP contribution in [-0.2, 0) is 10.8 Å². The van der Waals surface area contributed by atoms with Crippen LogP contribution in [0.3, 0.4) is 0 Å². The Morgan fingerprint density at radius 3 is 1.56 bits per heavy atom. The molecule has 0 amide bonds. The van der Waals surface area contributed by atoms with Gasteiger partial charge in [0.25, 0.3) is 0 Å². The molecule has 9 aromatic carbocycles. The van der Waals surface area contributed by atoms with E-state index in [2.05, 4.69) is 216 Å². The predicted octanol–water partition coefficient (Wildman–Crippen LogP) is 15.7. The maximum atomic E-state index is 5.32. The zero-order chi connectivity index (χ0) is 41.7. The molecule has 62 heavy (non-hydrogen) atoms. The van der Waals surface area contributed by atoms with Gasteiger partial charge in [-0.25, -0.2) is 9.97 Å². The maximum absolute atomic E-state index is 5.32. The first-order chi connectivity index (χ1) is 30.2. The van der Waals surface area contributed by atoms with Crippen molar-refractivity contribution < 1.29 is 0 Å². The van der Waals surface area contributed by atoms with Crippen molar-refractivity contribution in [1.82, 2.24) is 9.97 Å². The minimum Gasteiger partial charge on any atom is -0.228 e. The van der Waals surface area contributed by atoms with Gasteiger partial charge in [-0.2, -0.15) is 0 Å². The molecule has 2 aliphatic carbocycles. The second-order valence-electron chi connectivity index (χ2n) is 18.2. The van der Waals surface area contributed by atoms with Crippen molar-refractivity contribution in [3.63, 3.8) is 0 Å². The van der Waals surface area contributed by atoms with E-state index in [4.69, 9.17) is 9.97 Å². The van der Waals surface area contributed by atoms with E-state index in [9.17, 15) is 0 Å². The number of hydrogen-bond donors (Lipinski definition) is 0. The van der Waals surface area contributed by atoms with E-state index in [1.165, 1.54) is 88.3 Å². The molecule has 12 rings (SSSR count). The van der Waals surface area contributed by atoms with Crippen molar-refractivity contribution in [2.24, 2.45) is 0 Å². The highest BCUT2D eigenvalue weighted by atomic mass is 14.9. The van der Waals surface area contributed by atoms with Gasteiger partial charge in [0, 0.05) is 27.5 Å². The van der Waals surface area contributed by atoms with Crippen molar-refractivity contribution >= 4 is 21.5 Å². The van der Waals surface area contributed by atoms with Crippen LogP contribution in [0.25, 0.3) is 100.0 Å². The minimum absolute atomic E-state index is 0.0187. The first-order valence-electron chi connectivity index (χ1n) is 21.7. The molecule has 1 heterocycles. The summed E-state index contributed by atoms with van der Waals surface area (Å²) in [7, 11) is 0. The van der Waals surface area contributed by atoms with Crippen LogP contribution in [0.1, 0.15) is 49.9 Å². The van der Waals surface area contributed by atoms with Gasteiger partial charge in [-0.3, -0.25) is 0 Å². The molecule has 0 saturated carbocycles. The van der Waals surface area contributed by atoms with Crippen LogP contribution in [0, 0.1) is 0 Å². The molecule has 0 unspecified atom stereocenters. The molecular formula is C60H44N2. The smallest absolute Gasteiger partial charge is 0.160 e. The summed E-state index contributed by atoms with van der Waals surface area (Å²) < 4.78 is 0. The van der Waals surface area contributed by atoms with Gasteiger partial charge in [-0.15, -0.1) is 0 Å². The number of nitrogens with zero attached hydrogens (tertiary/aromatic N) is 2. The van der Waals surface area contributed by atoms with Crippen molar-refractivity contribution in [2.45, 2.75) is 38.5 Å². The lowest BCUT2D eigenvalue weighted by molar-refractivity contribution is 0.660. The molecule has 0 N–H and O–H groups in total. The number of aromatic nitrogens is 2. The quantitative estimate of drug-likeness (QED) is 0.173. The fraction of sp³-hybridized carbons (Fsp3) is 0.100. The van der Waals surface area contributed by atoms with E-state index in [1.807, 2.05) is 6.07 Å². The van der Waals surface area contributed by atoms with Crippen molar-refractivity contribution in [3.05, 3.63) is 216 Å². The van der Waals surface area contributed by atoms with Gasteiger partial charge < -0.3 is 0 Å². The Hall–Kier alpha value is -7.42. The Kier molecular flexibility index (Phi) is 7.96. The highest BCUT2D eigenvalue weighted by Crippen LogP contribution is 2.54. The number of benzene rings is 9. The summed E-state index contributed by atoms with van der Waals surface area (Å²) in [6.07, 6.45) is 0. The fourth-order valence-electron chi connectivity index (χ4n) is 10.6. The SMILES string of the molecule is CC1(C)c2ccccc2-c2c(-c3ccc(-c4ccc5cc(-c6cc(-c7cccc8c7-c7cc9ccccc9cc7C8(C)C)nc(-c7ccccc7)n6)ccc5c4)cc3)cccc21. The minimum atomic E-state index is -0.145. The molecule has 1 aromatic heterocycles. The average molecular weight is 793 g/mol. The highest BCUT2D eigenvalue weighted by Gasteiger charge is 2.38. The van der Waals surface area contributed by atoms with Crippen LogP contribution in [0.4, 0.5) is 0 Å². The van der Waals surface area contributed by atoms with Gasteiger partial charge in [0.15, 0.2) is 5.82 Å². The summed E-state index contributed by atoms with van der Waals surface area (Å²) in [5.74, 6) is 0.721. The topological polar surface area (TPSA) is 25.8 Å². The molecule has 0 radical (unpaired) electrons. The zero-order valence-corrected chi connectivity index (χ0v) is 35.4. The molecule has 0 saturated heterocycles. The number of hydrogen-bond acceptors (Lipinski definition) is 2. The summed E-state index contributed by atoms with van der Waals surface area (Å²) in [5.41, 5.74) is 20.6. The van der Waals surface area contributed by atoms with Gasteiger partial charge in [0.1, 0.15) is 0 Å². The molecule has 2 aliphatic rings. The van der Waals surface area contributed by atoms with Gasteiger partial charge in [-0.05, 0) is 119 Å². The summed E-state index contributed by atoms with van der Waals surface area (Å²) in [4.78, 5) is 10.6. The third kappa shape index (κ3) is 5.56. The van der Waals surface area contributed by atoms with E-state index in [-0.39, 0.29) is 10.8 Å². The molecule has 0 bridgehead atoms. The van der Waals surface area contributed by atoms with Gasteiger partial charge in [0.05, 0.1) is 11.4 Å². The molecule has 294 valence electrons. The Morgan fingerprint density at radius 1 is 0.290 bits per heavy atom. The van der Waals surface area contributed by atoms with Crippen LogP contribution in [0.15, 0.2) is 194 Å². The molecule has 0 atom stereocenters. The molecule has 2 heteroatoms. The van der Waals surface area contributed by atoms with Crippen LogP contribution in [0.2, 0.25) is 0 Å². The van der Waals surface area contributed by atoms with Gasteiger partial charge in [0.2, 0.25) is 0 Å². The Morgan fingerprint density at radius 2 is 0.806 bits per heavy atom. The third-order valence-corrected chi connectivity index (χ3v) is 13.9. The monoisotopic (exact) mass is 792 g/mol. The lowest BCUT2D eigenvalue weighted by atomic mass is 9.81. The largest absolute Gasteiger partial charge is 0.228 e. The zero-order valence-electron chi connectivity index (χ0n) is 35.4. The van der Waals surface area contributed by atoms with Gasteiger partial charge >= 0.3 is 0 Å². The summed E-state index contributed by atoms with van der Waals surface area (Å²) in [5, 5.41) is 4.89. The van der Waals surface area contributed by atoms with Crippen molar-refractivity contribution in [1.29, 1.82) is 0 Å². The Balaban J connectivity index is 0.921. The lowest BCUT2D eigenvalue weighted by Crippen LogP contribution is -2.14. The van der Waals surface area contributed by atoms with E-state index in [0.29, 0.717) is 0 Å². The van der Waals surface area contributed by atoms with E-state index in [0.717, 1.165) is 33.9 Å². The second kappa shape index (κ2) is 13.5. The first-order valence-corrected chi connectivity index (χ1v) is 21.7. The third-order valence-electron chi connectivity index (χ3n) is 13.9. The number of fused-ring (bicyclic) bond motifs is 8. The standard InChI is InChI=1S/C60H44N2/c1-59(2)50-21-11-10-18-47(50)56-46(19-12-22-51(56)59)38-26-24-37(25-27-38)42-28-29-44-33-45(31-30-43(44)32-42)54-36-55(62-58(61-54)39-14-6-5-7-15-39)48-20-13-23-52-57(48)49-34-40-16-8-9-17-41(40)35-53(49)60(52,3)4/h5-36H,1-4H3. The molecule has 0 fully saturated rings. The molecule has 2 nitrogen and oxygen atoms in total. The summed E-state index contributed by atoms with van der Waals surface area (Å²) >= 11 is 0. The fourth-order valence-corrected chi connectivity index (χ4v) is 10.6. The molecule has 10 aromatic rings. The van der Waals surface area contributed by atoms with E-state index >= 15 is 0 Å². The van der Waals surface area contributed by atoms with Gasteiger partial charge in [-0.1, -0.05) is 191 Å².